The van der Waals surface area contributed by atoms with Crippen LogP contribution in [0, 0.1) is 0 Å². The summed E-state index contributed by atoms with van der Waals surface area (Å²) in [7, 11) is 0. The average molecular weight is 318 g/mol. The molecule has 1 fully saturated rings. The van der Waals surface area contributed by atoms with Crippen molar-refractivity contribution in [1.82, 2.24) is 0 Å². The zero-order valence-electron chi connectivity index (χ0n) is 13.4. The summed E-state index contributed by atoms with van der Waals surface area (Å²) in [6, 6.07) is 0. The third-order valence-electron chi connectivity index (χ3n) is 3.98. The maximum atomic E-state index is 10.9. The lowest BCUT2D eigenvalue weighted by molar-refractivity contribution is -0.266. The van der Waals surface area contributed by atoms with Crippen molar-refractivity contribution in [3.8, 4) is 0 Å². The van der Waals surface area contributed by atoms with Crippen LogP contribution in [-0.2, 0) is 14.3 Å². The Bertz CT molecular complexity index is 309. The van der Waals surface area contributed by atoms with Crippen LogP contribution in [0.25, 0.3) is 0 Å². The number of hydrogen-bond acceptors (Lipinski definition) is 5. The normalized spacial score (nSPS) is 28.7. The van der Waals surface area contributed by atoms with Crippen molar-refractivity contribution >= 4 is 5.97 Å². The Hall–Kier alpha value is -0.690. The van der Waals surface area contributed by atoms with E-state index >= 15 is 0 Å². The van der Waals surface area contributed by atoms with Gasteiger partial charge in [0.15, 0.2) is 12.4 Å². The Morgan fingerprint density at radius 3 is 2.27 bits per heavy atom. The molecule has 3 N–H and O–H groups in total. The summed E-state index contributed by atoms with van der Waals surface area (Å²) in [6.45, 7) is 2.60. The first-order valence-electron chi connectivity index (χ1n) is 8.42. The number of aliphatic carboxylic acids is 1. The van der Waals surface area contributed by atoms with Gasteiger partial charge in [0.2, 0.25) is 0 Å². The standard InChI is InChI=1S/C16H30O6/c1-2-3-4-5-6-7-8-9-10-21-16-14(18)12(17)11-13(22-16)15(19)20/h12-14,16-18H,2-11H2,1H3,(H,19,20). The molecule has 130 valence electrons. The minimum absolute atomic E-state index is 0.117. The molecule has 1 heterocycles. The van der Waals surface area contributed by atoms with E-state index < -0.39 is 30.6 Å². The van der Waals surface area contributed by atoms with Gasteiger partial charge < -0.3 is 24.8 Å². The lowest BCUT2D eigenvalue weighted by atomic mass is 10.0. The van der Waals surface area contributed by atoms with E-state index in [1.54, 1.807) is 0 Å². The molecule has 0 aromatic rings. The van der Waals surface area contributed by atoms with E-state index in [-0.39, 0.29) is 6.42 Å². The molecule has 6 nitrogen and oxygen atoms in total. The molecular formula is C16H30O6. The van der Waals surface area contributed by atoms with Gasteiger partial charge in [-0.25, -0.2) is 4.79 Å². The quantitative estimate of drug-likeness (QED) is 0.505. The molecule has 1 aliphatic heterocycles. The second kappa shape index (κ2) is 10.9. The second-order valence-corrected chi connectivity index (χ2v) is 5.97. The van der Waals surface area contributed by atoms with Gasteiger partial charge in [-0.3, -0.25) is 0 Å². The van der Waals surface area contributed by atoms with Crippen molar-refractivity contribution < 1.29 is 29.6 Å². The van der Waals surface area contributed by atoms with Gasteiger partial charge in [0, 0.05) is 13.0 Å². The average Bonchev–Trinajstić information content (AvgIpc) is 2.49. The van der Waals surface area contributed by atoms with Gasteiger partial charge >= 0.3 is 5.97 Å². The zero-order chi connectivity index (χ0) is 16.4. The second-order valence-electron chi connectivity index (χ2n) is 5.97. The molecule has 1 saturated heterocycles. The van der Waals surface area contributed by atoms with Crippen LogP contribution in [0.1, 0.15) is 64.7 Å². The van der Waals surface area contributed by atoms with Crippen LogP contribution in [0.15, 0.2) is 0 Å². The molecule has 0 aromatic heterocycles. The highest BCUT2D eigenvalue weighted by molar-refractivity contribution is 5.72. The Balaban J connectivity index is 2.11. The molecule has 0 aromatic carbocycles. The minimum Gasteiger partial charge on any atom is -0.479 e. The molecule has 0 amide bonds. The molecule has 0 aliphatic carbocycles. The fourth-order valence-corrected chi connectivity index (χ4v) is 2.57. The lowest BCUT2D eigenvalue weighted by Crippen LogP contribution is -2.51. The van der Waals surface area contributed by atoms with Crippen LogP contribution in [0.5, 0.6) is 0 Å². The fourth-order valence-electron chi connectivity index (χ4n) is 2.57. The van der Waals surface area contributed by atoms with Gasteiger partial charge in [-0.2, -0.15) is 0 Å². The summed E-state index contributed by atoms with van der Waals surface area (Å²) in [5.41, 5.74) is 0. The summed E-state index contributed by atoms with van der Waals surface area (Å²) in [4.78, 5) is 10.9. The molecule has 1 rings (SSSR count). The van der Waals surface area contributed by atoms with Crippen molar-refractivity contribution in [3.05, 3.63) is 0 Å². The first kappa shape index (κ1) is 19.4. The van der Waals surface area contributed by atoms with Gasteiger partial charge in [0.05, 0.1) is 6.10 Å². The number of aliphatic hydroxyl groups is 2. The van der Waals surface area contributed by atoms with Crippen LogP contribution < -0.4 is 0 Å². The van der Waals surface area contributed by atoms with Crippen LogP contribution in [0.2, 0.25) is 0 Å². The fraction of sp³-hybridized carbons (Fsp3) is 0.938. The van der Waals surface area contributed by atoms with Gasteiger partial charge in [-0.1, -0.05) is 51.9 Å². The summed E-state index contributed by atoms with van der Waals surface area (Å²) >= 11 is 0. The molecule has 1 aliphatic rings. The molecule has 0 spiro atoms. The number of carbonyl (C=O) groups is 1. The number of hydrogen-bond donors (Lipinski definition) is 3. The SMILES string of the molecule is CCCCCCCCCCOC1OC(C(=O)O)CC(O)C1O. The maximum absolute atomic E-state index is 10.9. The third kappa shape index (κ3) is 7.05. The molecule has 0 saturated carbocycles. The highest BCUT2D eigenvalue weighted by Gasteiger charge is 2.40. The molecule has 0 bridgehead atoms. The lowest BCUT2D eigenvalue weighted by Gasteiger charge is -2.35. The van der Waals surface area contributed by atoms with E-state index in [0.717, 1.165) is 19.3 Å². The number of aliphatic hydroxyl groups excluding tert-OH is 2. The molecule has 22 heavy (non-hydrogen) atoms. The first-order valence-corrected chi connectivity index (χ1v) is 8.42. The van der Waals surface area contributed by atoms with Crippen LogP contribution in [0.4, 0.5) is 0 Å². The van der Waals surface area contributed by atoms with E-state index in [9.17, 15) is 15.0 Å². The van der Waals surface area contributed by atoms with Crippen molar-refractivity contribution in [3.63, 3.8) is 0 Å². The topological polar surface area (TPSA) is 96.2 Å². The summed E-state index contributed by atoms with van der Waals surface area (Å²) in [5, 5.41) is 28.3. The number of unbranched alkanes of at least 4 members (excludes halogenated alkanes) is 7. The van der Waals surface area contributed by atoms with E-state index in [1.807, 2.05) is 0 Å². The van der Waals surface area contributed by atoms with E-state index in [0.29, 0.717) is 6.61 Å². The van der Waals surface area contributed by atoms with Gasteiger partial charge in [0.1, 0.15) is 6.10 Å². The smallest absolute Gasteiger partial charge is 0.333 e. The largest absolute Gasteiger partial charge is 0.479 e. The van der Waals surface area contributed by atoms with Crippen LogP contribution in [-0.4, -0.2) is 52.5 Å². The van der Waals surface area contributed by atoms with Crippen LogP contribution in [0.3, 0.4) is 0 Å². The summed E-state index contributed by atoms with van der Waals surface area (Å²) in [5.74, 6) is -1.15. The Morgan fingerprint density at radius 2 is 1.68 bits per heavy atom. The van der Waals surface area contributed by atoms with Crippen molar-refractivity contribution in [1.29, 1.82) is 0 Å². The zero-order valence-corrected chi connectivity index (χ0v) is 13.4. The monoisotopic (exact) mass is 318 g/mol. The Kier molecular flexibility index (Phi) is 9.63. The predicted octanol–water partition coefficient (Wildman–Crippen LogP) is 2.07. The Labute approximate surface area is 132 Å². The molecule has 0 radical (unpaired) electrons. The van der Waals surface area contributed by atoms with Gasteiger partial charge in [0.25, 0.3) is 0 Å². The molecule has 4 atom stereocenters. The summed E-state index contributed by atoms with van der Waals surface area (Å²) < 4.78 is 10.6. The van der Waals surface area contributed by atoms with Crippen molar-refractivity contribution in [2.45, 2.75) is 89.3 Å². The van der Waals surface area contributed by atoms with E-state index in [1.165, 1.54) is 32.1 Å². The molecule has 6 heteroatoms. The number of carboxylic acids is 1. The third-order valence-corrected chi connectivity index (χ3v) is 3.98. The number of ether oxygens (including phenoxy) is 2. The minimum atomic E-state index is -1.19. The van der Waals surface area contributed by atoms with Crippen molar-refractivity contribution in [2.75, 3.05) is 6.61 Å². The predicted molar refractivity (Wildman–Crippen MR) is 81.5 cm³/mol. The first-order chi connectivity index (χ1) is 10.6. The maximum Gasteiger partial charge on any atom is 0.333 e. The van der Waals surface area contributed by atoms with Gasteiger partial charge in [-0.05, 0) is 6.42 Å². The Morgan fingerprint density at radius 1 is 1.09 bits per heavy atom. The number of rotatable bonds is 11. The van der Waals surface area contributed by atoms with Crippen LogP contribution >= 0.6 is 0 Å². The summed E-state index contributed by atoms with van der Waals surface area (Å²) in [6.07, 6.45) is 4.76. The highest BCUT2D eigenvalue weighted by Crippen LogP contribution is 2.22. The molecular weight excluding hydrogens is 288 g/mol. The number of carboxylic acid groups (broad SMARTS) is 1. The highest BCUT2D eigenvalue weighted by atomic mass is 16.7. The van der Waals surface area contributed by atoms with E-state index in [2.05, 4.69) is 6.92 Å². The van der Waals surface area contributed by atoms with Gasteiger partial charge in [-0.15, -0.1) is 0 Å². The van der Waals surface area contributed by atoms with Crippen molar-refractivity contribution in [2.24, 2.45) is 0 Å². The molecule has 4 unspecified atom stereocenters. The van der Waals surface area contributed by atoms with E-state index in [4.69, 9.17) is 14.6 Å².